The Morgan fingerprint density at radius 2 is 1.48 bits per heavy atom. The maximum absolute atomic E-state index is 10.3. The second-order valence-electron chi connectivity index (χ2n) is 12.7. The average Bonchev–Trinajstić information content (AvgIpc) is 3.03. The molecule has 10 atom stereocenters. The van der Waals surface area contributed by atoms with E-state index >= 15 is 0 Å². The average molecular weight is 401 g/mol. The highest BCUT2D eigenvalue weighted by atomic mass is 16.3. The monoisotopic (exact) mass is 400 g/mol. The lowest BCUT2D eigenvalue weighted by molar-refractivity contribution is -0.128. The molecular weight excluding hydrogens is 352 g/mol. The van der Waals surface area contributed by atoms with Crippen molar-refractivity contribution in [2.24, 2.45) is 58.2 Å². The molecule has 4 saturated carbocycles. The van der Waals surface area contributed by atoms with Crippen LogP contribution in [0.2, 0.25) is 0 Å². The Kier molecular flexibility index (Phi) is 6.04. The predicted molar refractivity (Wildman–Crippen MR) is 124 cm³/mol. The second kappa shape index (κ2) is 7.99. The first-order chi connectivity index (χ1) is 13.7. The number of hydrogen-bond acceptors (Lipinski definition) is 1. The minimum atomic E-state index is -0.0183. The first-order valence-corrected chi connectivity index (χ1v) is 13.0. The first-order valence-electron chi connectivity index (χ1n) is 13.0. The van der Waals surface area contributed by atoms with E-state index in [0.29, 0.717) is 16.7 Å². The molecule has 0 aliphatic heterocycles. The molecule has 4 aliphatic carbocycles. The van der Waals surface area contributed by atoms with E-state index in [1.54, 1.807) is 0 Å². The molecule has 29 heavy (non-hydrogen) atoms. The summed E-state index contributed by atoms with van der Waals surface area (Å²) in [4.78, 5) is 0. The summed E-state index contributed by atoms with van der Waals surface area (Å²) in [6.07, 6.45) is 17.1. The third-order valence-electron chi connectivity index (χ3n) is 11.1. The fraction of sp³-hybridized carbons (Fsp3) is 0.929. The lowest BCUT2D eigenvalue weighted by Crippen LogP contribution is -2.54. The SMILES string of the molecule is CC(C)C(C)/C=C/C(C)C1CCC2C3CCC4CC(O)CCC4(C)C3CCC12C. The van der Waals surface area contributed by atoms with Gasteiger partial charge in [0.15, 0.2) is 0 Å². The standard InChI is InChI=1S/C28H48O/c1-18(2)19(3)7-8-20(4)24-11-12-25-23-10-9-21-17-22(29)13-15-27(21,5)26(23)14-16-28(24,25)6/h7-8,18-26,29H,9-17H2,1-6H3/b8-7+. The molecule has 10 unspecified atom stereocenters. The molecule has 4 aliphatic rings. The number of fused-ring (bicyclic) bond motifs is 5. The molecule has 0 aromatic rings. The maximum Gasteiger partial charge on any atom is 0.0543 e. The van der Waals surface area contributed by atoms with Gasteiger partial charge < -0.3 is 5.11 Å². The molecule has 166 valence electrons. The Balaban J connectivity index is 1.50. The highest BCUT2D eigenvalue weighted by Crippen LogP contribution is 2.68. The van der Waals surface area contributed by atoms with Crippen molar-refractivity contribution in [1.82, 2.24) is 0 Å². The van der Waals surface area contributed by atoms with Crippen molar-refractivity contribution >= 4 is 0 Å². The summed E-state index contributed by atoms with van der Waals surface area (Å²) in [7, 11) is 0. The summed E-state index contributed by atoms with van der Waals surface area (Å²) in [6.45, 7) is 14.9. The molecule has 1 nitrogen and oxygen atoms in total. The lowest BCUT2D eigenvalue weighted by atomic mass is 9.44. The Hall–Kier alpha value is -0.300. The summed E-state index contributed by atoms with van der Waals surface area (Å²) in [5.41, 5.74) is 1.07. The smallest absolute Gasteiger partial charge is 0.0543 e. The van der Waals surface area contributed by atoms with Crippen LogP contribution >= 0.6 is 0 Å². The zero-order valence-electron chi connectivity index (χ0n) is 20.2. The summed E-state index contributed by atoms with van der Waals surface area (Å²) in [5.74, 6) is 6.66. The highest BCUT2D eigenvalue weighted by Gasteiger charge is 2.60. The normalized spacial score (nSPS) is 49.5. The summed E-state index contributed by atoms with van der Waals surface area (Å²) in [5, 5.41) is 10.3. The topological polar surface area (TPSA) is 20.2 Å². The number of rotatable bonds is 4. The van der Waals surface area contributed by atoms with Gasteiger partial charge in [0.2, 0.25) is 0 Å². The largest absolute Gasteiger partial charge is 0.393 e. The van der Waals surface area contributed by atoms with Crippen LogP contribution in [-0.2, 0) is 0 Å². The van der Waals surface area contributed by atoms with Gasteiger partial charge in [-0.15, -0.1) is 0 Å². The van der Waals surface area contributed by atoms with Gasteiger partial charge in [0.1, 0.15) is 0 Å². The number of hydrogen-bond donors (Lipinski definition) is 1. The Labute approximate surface area is 181 Å². The van der Waals surface area contributed by atoms with Gasteiger partial charge >= 0.3 is 0 Å². The molecular formula is C28H48O. The van der Waals surface area contributed by atoms with Crippen LogP contribution in [-0.4, -0.2) is 11.2 Å². The zero-order chi connectivity index (χ0) is 21.0. The maximum atomic E-state index is 10.3. The van der Waals surface area contributed by atoms with Crippen LogP contribution in [0.4, 0.5) is 0 Å². The van der Waals surface area contributed by atoms with Crippen LogP contribution in [0.15, 0.2) is 12.2 Å². The van der Waals surface area contributed by atoms with Crippen LogP contribution in [0, 0.1) is 58.2 Å². The van der Waals surface area contributed by atoms with Gasteiger partial charge in [-0.1, -0.05) is 53.7 Å². The fourth-order valence-corrected chi connectivity index (χ4v) is 8.85. The van der Waals surface area contributed by atoms with E-state index in [2.05, 4.69) is 53.7 Å². The van der Waals surface area contributed by atoms with Crippen molar-refractivity contribution in [1.29, 1.82) is 0 Å². The van der Waals surface area contributed by atoms with E-state index < -0.39 is 0 Å². The van der Waals surface area contributed by atoms with Crippen molar-refractivity contribution in [2.75, 3.05) is 0 Å². The van der Waals surface area contributed by atoms with Gasteiger partial charge in [-0.25, -0.2) is 0 Å². The minimum absolute atomic E-state index is 0.0183. The molecule has 0 heterocycles. The van der Waals surface area contributed by atoms with E-state index in [1.807, 2.05) is 0 Å². The summed E-state index contributed by atoms with van der Waals surface area (Å²) in [6, 6.07) is 0. The van der Waals surface area contributed by atoms with Gasteiger partial charge in [-0.05, 0) is 116 Å². The number of allylic oxidation sites excluding steroid dienone is 2. The zero-order valence-corrected chi connectivity index (χ0v) is 20.2. The highest BCUT2D eigenvalue weighted by molar-refractivity contribution is 5.11. The molecule has 0 saturated heterocycles. The van der Waals surface area contributed by atoms with E-state index in [0.717, 1.165) is 54.3 Å². The van der Waals surface area contributed by atoms with Crippen molar-refractivity contribution in [3.05, 3.63) is 12.2 Å². The Morgan fingerprint density at radius 3 is 2.21 bits per heavy atom. The van der Waals surface area contributed by atoms with Gasteiger partial charge in [0.05, 0.1) is 6.10 Å². The van der Waals surface area contributed by atoms with Crippen molar-refractivity contribution < 1.29 is 5.11 Å². The molecule has 1 heteroatoms. The van der Waals surface area contributed by atoms with E-state index in [4.69, 9.17) is 0 Å². The van der Waals surface area contributed by atoms with Crippen LogP contribution < -0.4 is 0 Å². The quantitative estimate of drug-likeness (QED) is 0.485. The molecule has 4 fully saturated rings. The third-order valence-corrected chi connectivity index (χ3v) is 11.1. The van der Waals surface area contributed by atoms with E-state index in [-0.39, 0.29) is 6.10 Å². The number of aliphatic hydroxyl groups is 1. The van der Waals surface area contributed by atoms with E-state index in [1.165, 1.54) is 44.9 Å². The third kappa shape index (κ3) is 3.66. The van der Waals surface area contributed by atoms with Crippen LogP contribution in [0.25, 0.3) is 0 Å². The Bertz CT molecular complexity index is 607. The van der Waals surface area contributed by atoms with Crippen LogP contribution in [0.1, 0.15) is 99.3 Å². The van der Waals surface area contributed by atoms with E-state index in [9.17, 15) is 5.11 Å². The van der Waals surface area contributed by atoms with Crippen molar-refractivity contribution in [3.8, 4) is 0 Å². The van der Waals surface area contributed by atoms with Gasteiger partial charge in [0.25, 0.3) is 0 Å². The van der Waals surface area contributed by atoms with Crippen LogP contribution in [0.5, 0.6) is 0 Å². The molecule has 1 N–H and O–H groups in total. The van der Waals surface area contributed by atoms with Gasteiger partial charge in [-0.2, -0.15) is 0 Å². The molecule has 0 spiro atoms. The molecule has 0 aromatic heterocycles. The molecule has 0 bridgehead atoms. The van der Waals surface area contributed by atoms with Crippen molar-refractivity contribution in [2.45, 2.75) is 105 Å². The first kappa shape index (κ1) is 21.9. The van der Waals surface area contributed by atoms with Crippen molar-refractivity contribution in [3.63, 3.8) is 0 Å². The molecule has 0 aromatic carbocycles. The predicted octanol–water partition coefficient (Wildman–Crippen LogP) is 7.49. The van der Waals surface area contributed by atoms with Gasteiger partial charge in [0, 0.05) is 0 Å². The summed E-state index contributed by atoms with van der Waals surface area (Å²) >= 11 is 0. The molecule has 0 radical (unpaired) electrons. The van der Waals surface area contributed by atoms with Crippen LogP contribution in [0.3, 0.4) is 0 Å². The second-order valence-corrected chi connectivity index (χ2v) is 12.7. The lowest BCUT2D eigenvalue weighted by Gasteiger charge is -2.61. The fourth-order valence-electron chi connectivity index (χ4n) is 8.85. The summed E-state index contributed by atoms with van der Waals surface area (Å²) < 4.78 is 0. The minimum Gasteiger partial charge on any atom is -0.393 e. The van der Waals surface area contributed by atoms with Gasteiger partial charge in [-0.3, -0.25) is 0 Å². The molecule has 4 rings (SSSR count). The Morgan fingerprint density at radius 1 is 0.793 bits per heavy atom. The molecule has 0 amide bonds. The number of aliphatic hydroxyl groups excluding tert-OH is 1.